The average Bonchev–Trinajstić information content (AvgIpc) is 1.91. The fourth-order valence-electron chi connectivity index (χ4n) is 0.531. The molecule has 0 saturated carbocycles. The van der Waals surface area contributed by atoms with Gasteiger partial charge in [0.2, 0.25) is 0 Å². The Labute approximate surface area is 75.0 Å². The smallest absolute Gasteiger partial charge is 0.323 e. The normalized spacial score (nSPS) is 12.7. The van der Waals surface area contributed by atoms with Crippen LogP contribution in [0.2, 0.25) is 0 Å². The van der Waals surface area contributed by atoms with Gasteiger partial charge in [-0.2, -0.15) is 0 Å². The van der Waals surface area contributed by atoms with Gasteiger partial charge in [-0.15, -0.1) is 0 Å². The fourth-order valence-corrected chi connectivity index (χ4v) is 1.23. The summed E-state index contributed by atoms with van der Waals surface area (Å²) in [6.45, 7) is 4.19. The first-order chi connectivity index (χ1) is 4.76. The van der Waals surface area contributed by atoms with Gasteiger partial charge in [0.25, 0.3) is 0 Å². The number of ether oxygens (including phenoxy) is 1. The topological polar surface area (TPSA) is 38.3 Å². The first kappa shape index (κ1) is 10.2. The number of hydrogen-bond donors (Lipinski definition) is 1. The van der Waals surface area contributed by atoms with Crippen LogP contribution in [0.5, 0.6) is 0 Å². The van der Waals surface area contributed by atoms with Gasteiger partial charge in [0.15, 0.2) is 0 Å². The third-order valence-corrected chi connectivity index (χ3v) is 1.86. The Morgan fingerprint density at radius 3 is 2.60 bits per heavy atom. The number of halogens is 1. The predicted octanol–water partition coefficient (Wildman–Crippen LogP) is 1.27. The van der Waals surface area contributed by atoms with Crippen molar-refractivity contribution in [3.63, 3.8) is 0 Å². The summed E-state index contributed by atoms with van der Waals surface area (Å²) in [5, 5.41) is 0. The Morgan fingerprint density at radius 2 is 2.30 bits per heavy atom. The molecule has 0 bridgehead atoms. The van der Waals surface area contributed by atoms with Gasteiger partial charge in [-0.1, -0.05) is 6.92 Å². The van der Waals surface area contributed by atoms with Crippen LogP contribution < -0.4 is 3.53 Å². The van der Waals surface area contributed by atoms with E-state index < -0.39 is 0 Å². The Morgan fingerprint density at radius 1 is 1.70 bits per heavy atom. The maximum atomic E-state index is 10.9. The highest BCUT2D eigenvalue weighted by Gasteiger charge is 2.14. The van der Waals surface area contributed by atoms with Crippen molar-refractivity contribution >= 4 is 28.8 Å². The molecule has 0 aliphatic heterocycles. The monoisotopic (exact) mass is 257 g/mol. The number of rotatable bonds is 4. The highest BCUT2D eigenvalue weighted by atomic mass is 127. The van der Waals surface area contributed by atoms with Crippen LogP contribution in [0.4, 0.5) is 0 Å². The number of hydrogen-bond acceptors (Lipinski definition) is 3. The summed E-state index contributed by atoms with van der Waals surface area (Å²) in [7, 11) is 0. The molecule has 0 amide bonds. The van der Waals surface area contributed by atoms with Crippen LogP contribution in [0.1, 0.15) is 20.3 Å². The molecule has 0 aliphatic rings. The summed E-state index contributed by atoms with van der Waals surface area (Å²) in [4.78, 5) is 10.9. The van der Waals surface area contributed by atoms with E-state index in [-0.39, 0.29) is 12.0 Å². The molecule has 10 heavy (non-hydrogen) atoms. The van der Waals surface area contributed by atoms with E-state index in [2.05, 4.69) is 3.53 Å². The minimum Gasteiger partial charge on any atom is -0.465 e. The molecule has 0 aromatic rings. The molecule has 3 nitrogen and oxygen atoms in total. The van der Waals surface area contributed by atoms with Crippen LogP contribution in [-0.2, 0) is 9.53 Å². The summed E-state index contributed by atoms with van der Waals surface area (Å²) in [6, 6.07) is -0.152. The molecule has 4 heteroatoms. The quantitative estimate of drug-likeness (QED) is 0.468. The molecular weight excluding hydrogens is 245 g/mol. The summed E-state index contributed by atoms with van der Waals surface area (Å²) in [5.74, 6) is -0.167. The minimum atomic E-state index is -0.167. The fraction of sp³-hybridized carbons (Fsp3) is 0.833. The zero-order valence-electron chi connectivity index (χ0n) is 6.19. The van der Waals surface area contributed by atoms with Gasteiger partial charge in [0, 0.05) is 22.9 Å². The first-order valence-corrected chi connectivity index (χ1v) is 4.36. The lowest BCUT2D eigenvalue weighted by molar-refractivity contribution is -0.144. The van der Waals surface area contributed by atoms with Crippen LogP contribution in [0.25, 0.3) is 0 Å². The van der Waals surface area contributed by atoms with Gasteiger partial charge in [0.1, 0.15) is 6.04 Å². The average molecular weight is 257 g/mol. The SMILES string of the molecule is CCOC(=O)C(CC)NI. The van der Waals surface area contributed by atoms with Gasteiger partial charge < -0.3 is 4.74 Å². The lowest BCUT2D eigenvalue weighted by atomic mass is 10.2. The number of nitrogens with one attached hydrogen (secondary N) is 1. The van der Waals surface area contributed by atoms with Crippen LogP contribution in [0, 0.1) is 0 Å². The van der Waals surface area contributed by atoms with E-state index in [1.165, 1.54) is 0 Å². The van der Waals surface area contributed by atoms with Crippen LogP contribution in [-0.4, -0.2) is 18.6 Å². The van der Waals surface area contributed by atoms with E-state index in [1.54, 1.807) is 6.92 Å². The Balaban J connectivity index is 3.65. The molecule has 1 unspecified atom stereocenters. The zero-order chi connectivity index (χ0) is 7.98. The summed E-state index contributed by atoms with van der Waals surface area (Å²) >= 11 is 1.95. The van der Waals surface area contributed by atoms with Gasteiger partial charge in [-0.05, 0) is 13.3 Å². The predicted molar refractivity (Wildman–Crippen MR) is 47.9 cm³/mol. The molecule has 0 aromatic heterocycles. The second-order valence-electron chi connectivity index (χ2n) is 1.82. The van der Waals surface area contributed by atoms with Crippen LogP contribution >= 0.6 is 22.9 Å². The van der Waals surface area contributed by atoms with Crippen molar-refractivity contribution < 1.29 is 9.53 Å². The highest BCUT2D eigenvalue weighted by Crippen LogP contribution is 1.96. The molecule has 1 N–H and O–H groups in total. The van der Waals surface area contributed by atoms with Gasteiger partial charge in [0.05, 0.1) is 6.61 Å². The molecule has 0 spiro atoms. The van der Waals surface area contributed by atoms with Crippen molar-refractivity contribution in [1.82, 2.24) is 3.53 Å². The number of esters is 1. The van der Waals surface area contributed by atoms with E-state index in [4.69, 9.17) is 4.74 Å². The lowest BCUT2D eigenvalue weighted by Gasteiger charge is -2.09. The van der Waals surface area contributed by atoms with Crippen molar-refractivity contribution in [3.8, 4) is 0 Å². The van der Waals surface area contributed by atoms with Crippen LogP contribution in [0.15, 0.2) is 0 Å². The largest absolute Gasteiger partial charge is 0.465 e. The minimum absolute atomic E-state index is 0.152. The molecule has 1 atom stereocenters. The van der Waals surface area contributed by atoms with E-state index in [0.717, 1.165) is 6.42 Å². The van der Waals surface area contributed by atoms with Gasteiger partial charge in [-0.25, -0.2) is 3.53 Å². The Hall–Kier alpha value is 0.160. The second-order valence-corrected chi connectivity index (χ2v) is 2.44. The summed E-state index contributed by atoms with van der Waals surface area (Å²) in [5.41, 5.74) is 0. The molecule has 0 rings (SSSR count). The molecule has 0 radical (unpaired) electrons. The van der Waals surface area contributed by atoms with Crippen molar-refractivity contribution in [2.45, 2.75) is 26.3 Å². The first-order valence-electron chi connectivity index (χ1n) is 3.29. The standard InChI is InChI=1S/C6H12INO2/c1-3-5(8-7)6(9)10-4-2/h5,8H,3-4H2,1-2H3. The van der Waals surface area contributed by atoms with Crippen molar-refractivity contribution in [3.05, 3.63) is 0 Å². The third-order valence-electron chi connectivity index (χ3n) is 1.11. The van der Waals surface area contributed by atoms with E-state index in [9.17, 15) is 4.79 Å². The third kappa shape index (κ3) is 3.36. The maximum absolute atomic E-state index is 10.9. The van der Waals surface area contributed by atoms with Gasteiger partial charge in [-0.3, -0.25) is 4.79 Å². The molecule has 60 valence electrons. The summed E-state index contributed by atoms with van der Waals surface area (Å²) < 4.78 is 7.61. The highest BCUT2D eigenvalue weighted by molar-refractivity contribution is 14.1. The zero-order valence-corrected chi connectivity index (χ0v) is 8.34. The molecule has 0 heterocycles. The van der Waals surface area contributed by atoms with Crippen molar-refractivity contribution in [2.75, 3.05) is 6.61 Å². The number of carbonyl (C=O) groups is 1. The van der Waals surface area contributed by atoms with Crippen molar-refractivity contribution in [2.24, 2.45) is 0 Å². The van der Waals surface area contributed by atoms with E-state index >= 15 is 0 Å². The number of carbonyl (C=O) groups excluding carboxylic acids is 1. The van der Waals surface area contributed by atoms with Crippen LogP contribution in [0.3, 0.4) is 0 Å². The maximum Gasteiger partial charge on any atom is 0.323 e. The lowest BCUT2D eigenvalue weighted by Crippen LogP contribution is -2.31. The Bertz CT molecular complexity index is 104. The Kier molecular flexibility index (Phi) is 6.00. The molecule has 0 fully saturated rings. The van der Waals surface area contributed by atoms with E-state index in [1.807, 2.05) is 29.8 Å². The van der Waals surface area contributed by atoms with E-state index in [0.29, 0.717) is 6.61 Å². The molecule has 0 aliphatic carbocycles. The summed E-state index contributed by atoms with van der Waals surface area (Å²) in [6.07, 6.45) is 0.766. The van der Waals surface area contributed by atoms with Gasteiger partial charge >= 0.3 is 5.97 Å². The second kappa shape index (κ2) is 5.91. The molecule has 0 aromatic carbocycles. The van der Waals surface area contributed by atoms with Crippen molar-refractivity contribution in [1.29, 1.82) is 0 Å². The molecular formula is C6H12INO2. The molecule has 0 saturated heterocycles.